The van der Waals surface area contributed by atoms with Crippen LogP contribution in [0.2, 0.25) is 0 Å². The number of ketones is 1. The fourth-order valence-electron chi connectivity index (χ4n) is 3.01. The number of Topliss-reactive ketones (excluding diaryl/α,β-unsaturated/α-hetero) is 1. The van der Waals surface area contributed by atoms with Crippen molar-refractivity contribution in [1.29, 1.82) is 0 Å². The summed E-state index contributed by atoms with van der Waals surface area (Å²) in [5.74, 6) is 0.369. The maximum atomic E-state index is 12.6. The highest BCUT2D eigenvalue weighted by Gasteiger charge is 2.21. The summed E-state index contributed by atoms with van der Waals surface area (Å²) in [4.78, 5) is 26.5. The summed E-state index contributed by atoms with van der Waals surface area (Å²) >= 11 is 0. The highest BCUT2D eigenvalue weighted by atomic mass is 16.5. The van der Waals surface area contributed by atoms with Gasteiger partial charge in [0.1, 0.15) is 11.5 Å². The molecule has 0 saturated heterocycles. The Kier molecular flexibility index (Phi) is 5.86. The van der Waals surface area contributed by atoms with Crippen LogP contribution < -0.4 is 10.5 Å². The number of nitrogens with zero attached hydrogens (tertiary/aromatic N) is 1. The molecular weight excluding hydrogens is 344 g/mol. The van der Waals surface area contributed by atoms with E-state index in [2.05, 4.69) is 14.7 Å². The molecule has 0 aliphatic heterocycles. The molecule has 0 aliphatic rings. The largest absolute Gasteiger partial charge is 0.497 e. The summed E-state index contributed by atoms with van der Waals surface area (Å²) in [6, 6.07) is 15.5. The standard InChI is InChI=1S/C21H22N2O4/c1-14-3-5-16(6-4-14)12-18(24)13-17(20-22-21(25)27-23-20)11-15-7-9-19(26-2)10-8-15/h3-10,17H,11-13H2,1-2H3,(H,22,23,25). The molecule has 3 rings (SSSR count). The van der Waals surface area contributed by atoms with Crippen LogP contribution in [0.3, 0.4) is 0 Å². The molecule has 0 fully saturated rings. The second-order valence-corrected chi connectivity index (χ2v) is 6.63. The maximum Gasteiger partial charge on any atom is 0.438 e. The Morgan fingerprint density at radius 2 is 1.78 bits per heavy atom. The van der Waals surface area contributed by atoms with E-state index in [-0.39, 0.29) is 18.1 Å². The van der Waals surface area contributed by atoms with Crippen LogP contribution in [-0.2, 0) is 17.6 Å². The number of aromatic amines is 1. The molecule has 27 heavy (non-hydrogen) atoms. The first kappa shape index (κ1) is 18.6. The summed E-state index contributed by atoms with van der Waals surface area (Å²) in [5.41, 5.74) is 3.15. The molecule has 0 spiro atoms. The van der Waals surface area contributed by atoms with Gasteiger partial charge in [-0.2, -0.15) is 0 Å². The molecule has 1 N–H and O–H groups in total. The normalized spacial score (nSPS) is 11.9. The van der Waals surface area contributed by atoms with E-state index in [1.807, 2.05) is 55.5 Å². The van der Waals surface area contributed by atoms with Gasteiger partial charge in [-0.15, -0.1) is 0 Å². The van der Waals surface area contributed by atoms with Crippen molar-refractivity contribution in [1.82, 2.24) is 10.1 Å². The summed E-state index contributed by atoms with van der Waals surface area (Å²) in [6.07, 6.45) is 1.18. The second-order valence-electron chi connectivity index (χ2n) is 6.63. The third kappa shape index (κ3) is 5.17. The van der Waals surface area contributed by atoms with Crippen LogP contribution in [0, 0.1) is 6.92 Å². The van der Waals surface area contributed by atoms with Gasteiger partial charge in [-0.3, -0.25) is 14.3 Å². The number of nitrogens with one attached hydrogen (secondary N) is 1. The highest BCUT2D eigenvalue weighted by molar-refractivity contribution is 5.81. The van der Waals surface area contributed by atoms with Gasteiger partial charge in [0.05, 0.1) is 7.11 Å². The van der Waals surface area contributed by atoms with E-state index >= 15 is 0 Å². The molecule has 6 heteroatoms. The van der Waals surface area contributed by atoms with E-state index in [0.717, 1.165) is 22.4 Å². The summed E-state index contributed by atoms with van der Waals surface area (Å²) in [7, 11) is 1.61. The van der Waals surface area contributed by atoms with E-state index in [1.165, 1.54) is 0 Å². The minimum atomic E-state index is -0.615. The van der Waals surface area contributed by atoms with Crippen LogP contribution in [0.1, 0.15) is 34.9 Å². The third-order valence-electron chi connectivity index (χ3n) is 4.48. The zero-order chi connectivity index (χ0) is 19.2. The average Bonchev–Trinajstić information content (AvgIpc) is 3.10. The number of ether oxygens (including phenoxy) is 1. The van der Waals surface area contributed by atoms with Crippen molar-refractivity contribution >= 4 is 5.78 Å². The number of carbonyl (C=O) groups excluding carboxylic acids is 1. The number of aromatic nitrogens is 2. The lowest BCUT2D eigenvalue weighted by atomic mass is 9.91. The Morgan fingerprint density at radius 1 is 1.11 bits per heavy atom. The van der Waals surface area contributed by atoms with Gasteiger partial charge < -0.3 is 4.74 Å². The van der Waals surface area contributed by atoms with Crippen LogP contribution in [0.15, 0.2) is 57.8 Å². The molecule has 0 aliphatic carbocycles. The SMILES string of the molecule is COc1ccc(CC(CC(=O)Cc2ccc(C)cc2)c2noc(=O)[nH]2)cc1. The van der Waals surface area contributed by atoms with Gasteiger partial charge in [0.2, 0.25) is 0 Å². The molecule has 0 saturated carbocycles. The number of aryl methyl sites for hydroxylation is 1. The van der Waals surface area contributed by atoms with Crippen molar-refractivity contribution in [2.24, 2.45) is 0 Å². The summed E-state index contributed by atoms with van der Waals surface area (Å²) in [6.45, 7) is 2.01. The van der Waals surface area contributed by atoms with Gasteiger partial charge in [-0.25, -0.2) is 4.79 Å². The molecule has 1 heterocycles. The number of rotatable bonds is 8. The molecule has 140 valence electrons. The number of hydrogen-bond donors (Lipinski definition) is 1. The number of carbonyl (C=O) groups is 1. The van der Waals surface area contributed by atoms with E-state index in [0.29, 0.717) is 18.7 Å². The Balaban J connectivity index is 1.74. The Labute approximate surface area is 157 Å². The van der Waals surface area contributed by atoms with Crippen LogP contribution in [0.5, 0.6) is 5.75 Å². The Hall–Kier alpha value is -3.15. The zero-order valence-corrected chi connectivity index (χ0v) is 15.4. The first-order valence-corrected chi connectivity index (χ1v) is 8.79. The van der Waals surface area contributed by atoms with Gasteiger partial charge in [-0.05, 0) is 36.6 Å². The number of H-pyrrole nitrogens is 1. The summed E-state index contributed by atoms with van der Waals surface area (Å²) < 4.78 is 9.81. The van der Waals surface area contributed by atoms with Crippen LogP contribution in [0.4, 0.5) is 0 Å². The van der Waals surface area contributed by atoms with Crippen LogP contribution >= 0.6 is 0 Å². The molecule has 0 radical (unpaired) electrons. The van der Waals surface area contributed by atoms with Crippen molar-refractivity contribution in [3.05, 3.63) is 81.6 Å². The molecule has 0 amide bonds. The lowest BCUT2D eigenvalue weighted by Crippen LogP contribution is -2.14. The van der Waals surface area contributed by atoms with Crippen molar-refractivity contribution in [3.8, 4) is 5.75 Å². The van der Waals surface area contributed by atoms with Crippen LogP contribution in [0.25, 0.3) is 0 Å². The van der Waals surface area contributed by atoms with Crippen molar-refractivity contribution < 1.29 is 14.1 Å². The maximum absolute atomic E-state index is 12.6. The fraction of sp³-hybridized carbons (Fsp3) is 0.286. The van der Waals surface area contributed by atoms with E-state index in [9.17, 15) is 9.59 Å². The van der Waals surface area contributed by atoms with E-state index < -0.39 is 5.76 Å². The number of methoxy groups -OCH3 is 1. The quantitative estimate of drug-likeness (QED) is 0.662. The Bertz CT molecular complexity index is 939. The molecular formula is C21H22N2O4. The lowest BCUT2D eigenvalue weighted by Gasteiger charge is -2.13. The molecule has 1 atom stereocenters. The van der Waals surface area contributed by atoms with E-state index in [1.54, 1.807) is 7.11 Å². The van der Waals surface area contributed by atoms with Gasteiger partial charge in [0.15, 0.2) is 5.82 Å². The predicted molar refractivity (Wildman–Crippen MR) is 101 cm³/mol. The van der Waals surface area contributed by atoms with Crippen molar-refractivity contribution in [2.45, 2.75) is 32.1 Å². The Morgan fingerprint density at radius 3 is 2.37 bits per heavy atom. The highest BCUT2D eigenvalue weighted by Crippen LogP contribution is 2.23. The lowest BCUT2D eigenvalue weighted by molar-refractivity contribution is -0.118. The van der Waals surface area contributed by atoms with E-state index in [4.69, 9.17) is 4.74 Å². The van der Waals surface area contributed by atoms with Crippen molar-refractivity contribution in [2.75, 3.05) is 7.11 Å². The molecule has 1 unspecified atom stereocenters. The zero-order valence-electron chi connectivity index (χ0n) is 15.4. The minimum absolute atomic E-state index is 0.0845. The fourth-order valence-corrected chi connectivity index (χ4v) is 3.01. The van der Waals surface area contributed by atoms with Gasteiger partial charge in [0.25, 0.3) is 0 Å². The predicted octanol–water partition coefficient (Wildman–Crippen LogP) is 3.21. The monoisotopic (exact) mass is 366 g/mol. The average molecular weight is 366 g/mol. The van der Waals surface area contributed by atoms with Gasteiger partial charge in [-0.1, -0.05) is 47.1 Å². The van der Waals surface area contributed by atoms with Crippen molar-refractivity contribution in [3.63, 3.8) is 0 Å². The first-order chi connectivity index (χ1) is 13.0. The second kappa shape index (κ2) is 8.49. The topological polar surface area (TPSA) is 85.2 Å². The molecule has 2 aromatic carbocycles. The molecule has 1 aromatic heterocycles. The summed E-state index contributed by atoms with van der Waals surface area (Å²) in [5, 5.41) is 3.80. The molecule has 0 bridgehead atoms. The number of benzene rings is 2. The first-order valence-electron chi connectivity index (χ1n) is 8.79. The molecule has 3 aromatic rings. The van der Waals surface area contributed by atoms with Crippen LogP contribution in [-0.4, -0.2) is 23.0 Å². The molecule has 6 nitrogen and oxygen atoms in total. The number of hydrogen-bond acceptors (Lipinski definition) is 5. The van der Waals surface area contributed by atoms with Gasteiger partial charge >= 0.3 is 5.76 Å². The minimum Gasteiger partial charge on any atom is -0.497 e. The smallest absolute Gasteiger partial charge is 0.438 e. The third-order valence-corrected chi connectivity index (χ3v) is 4.48. The van der Waals surface area contributed by atoms with Gasteiger partial charge in [0, 0.05) is 18.8 Å².